The van der Waals surface area contributed by atoms with Crippen LogP contribution in [0.5, 0.6) is 0 Å². The van der Waals surface area contributed by atoms with Gasteiger partial charge in [-0.3, -0.25) is 4.79 Å². The minimum Gasteiger partial charge on any atom is -0.368 e. The highest BCUT2D eigenvalue weighted by Gasteiger charge is 2.20. The van der Waals surface area contributed by atoms with E-state index in [1.54, 1.807) is 18.2 Å². The molecule has 1 aliphatic rings. The molecule has 0 unspecified atom stereocenters. The molecule has 184 valence electrons. The number of aromatic nitrogens is 2. The first-order valence-electron chi connectivity index (χ1n) is 11.0. The summed E-state index contributed by atoms with van der Waals surface area (Å²) in [6.07, 6.45) is 0.616. The van der Waals surface area contributed by atoms with Crippen molar-refractivity contribution in [2.75, 3.05) is 48.3 Å². The molecule has 1 amide bonds. The van der Waals surface area contributed by atoms with Crippen LogP contribution in [-0.2, 0) is 11.2 Å². The van der Waals surface area contributed by atoms with Gasteiger partial charge in [0.15, 0.2) is 5.16 Å². The van der Waals surface area contributed by atoms with Crippen molar-refractivity contribution < 1.29 is 4.79 Å². The molecule has 1 saturated heterocycles. The molecule has 6 nitrogen and oxygen atoms in total. The number of hydrogen-bond donors (Lipinski definition) is 1. The van der Waals surface area contributed by atoms with E-state index in [1.165, 1.54) is 11.8 Å². The minimum absolute atomic E-state index is 0.111. The largest absolute Gasteiger partial charge is 0.368 e. The summed E-state index contributed by atoms with van der Waals surface area (Å²) in [7, 11) is 0. The Labute approximate surface area is 228 Å². The summed E-state index contributed by atoms with van der Waals surface area (Å²) in [5, 5.41) is 5.63. The fourth-order valence-electron chi connectivity index (χ4n) is 3.72. The zero-order chi connectivity index (χ0) is 24.8. The molecule has 1 N–H and O–H groups in total. The molecule has 35 heavy (non-hydrogen) atoms. The first-order chi connectivity index (χ1) is 16.9. The van der Waals surface area contributed by atoms with Gasteiger partial charge < -0.3 is 15.1 Å². The number of thioether (sulfide) groups is 1. The van der Waals surface area contributed by atoms with Gasteiger partial charge in [0, 0.05) is 59.5 Å². The van der Waals surface area contributed by atoms with Crippen LogP contribution >= 0.6 is 58.2 Å². The third-order valence-electron chi connectivity index (χ3n) is 5.50. The molecule has 0 spiro atoms. The first kappa shape index (κ1) is 26.2. The monoisotopic (exact) mass is 569 g/mol. The number of benzene rings is 2. The van der Waals surface area contributed by atoms with Gasteiger partial charge in [-0.15, -0.1) is 0 Å². The standard InChI is InChI=1S/C24H23Cl4N5OS/c25-17-2-1-3-19(12-17)32-8-10-33(11-9-32)22-14-21(28)30-24(31-22)35-15-23(34)29-7-6-16-4-5-18(26)13-20(16)27/h1-5,12-14H,6-11,15H2,(H,29,34). The van der Waals surface area contributed by atoms with Crippen LogP contribution in [0.2, 0.25) is 20.2 Å². The highest BCUT2D eigenvalue weighted by molar-refractivity contribution is 7.99. The number of carbonyl (C=O) groups excluding carboxylic acids is 1. The lowest BCUT2D eigenvalue weighted by molar-refractivity contribution is -0.118. The average Bonchev–Trinajstić information content (AvgIpc) is 2.84. The number of nitrogens with zero attached hydrogens (tertiary/aromatic N) is 4. The Bertz CT molecular complexity index is 1190. The van der Waals surface area contributed by atoms with Crippen molar-refractivity contribution in [3.63, 3.8) is 0 Å². The quantitative estimate of drug-likeness (QED) is 0.208. The highest BCUT2D eigenvalue weighted by Crippen LogP contribution is 2.25. The van der Waals surface area contributed by atoms with Crippen molar-refractivity contribution in [1.82, 2.24) is 15.3 Å². The number of rotatable bonds is 8. The Morgan fingerprint density at radius 3 is 2.40 bits per heavy atom. The van der Waals surface area contributed by atoms with Gasteiger partial charge in [0.25, 0.3) is 0 Å². The number of amides is 1. The SMILES string of the molecule is O=C(CSc1nc(Cl)cc(N2CCN(c3cccc(Cl)c3)CC2)n1)NCCc1ccc(Cl)cc1Cl. The maximum absolute atomic E-state index is 12.3. The van der Waals surface area contributed by atoms with Crippen LogP contribution in [0.1, 0.15) is 5.56 Å². The Balaban J connectivity index is 1.27. The summed E-state index contributed by atoms with van der Waals surface area (Å²) in [6.45, 7) is 3.73. The van der Waals surface area contributed by atoms with Crippen LogP contribution in [0.4, 0.5) is 11.5 Å². The van der Waals surface area contributed by atoms with Crippen LogP contribution in [-0.4, -0.2) is 54.4 Å². The van der Waals surface area contributed by atoms with Crippen LogP contribution < -0.4 is 15.1 Å². The van der Waals surface area contributed by atoms with Crippen LogP contribution in [0, 0.1) is 0 Å². The molecular weight excluding hydrogens is 548 g/mol. The van der Waals surface area contributed by atoms with E-state index in [1.807, 2.05) is 24.3 Å². The van der Waals surface area contributed by atoms with Crippen LogP contribution in [0.3, 0.4) is 0 Å². The lowest BCUT2D eigenvalue weighted by Gasteiger charge is -2.36. The molecule has 2 heterocycles. The molecule has 0 atom stereocenters. The summed E-state index contributed by atoms with van der Waals surface area (Å²) in [6, 6.07) is 15.0. The third kappa shape index (κ3) is 7.54. The van der Waals surface area contributed by atoms with Gasteiger partial charge in [-0.1, -0.05) is 70.3 Å². The van der Waals surface area contributed by atoms with E-state index in [4.69, 9.17) is 46.4 Å². The lowest BCUT2D eigenvalue weighted by Crippen LogP contribution is -2.46. The molecule has 1 fully saturated rings. The molecule has 2 aromatic carbocycles. The third-order valence-corrected chi connectivity index (χ3v) is 7.36. The van der Waals surface area contributed by atoms with Gasteiger partial charge in [-0.25, -0.2) is 9.97 Å². The Kier molecular flexibility index (Phi) is 9.25. The molecule has 3 aromatic rings. The molecule has 0 radical (unpaired) electrons. The second-order valence-electron chi connectivity index (χ2n) is 7.91. The van der Waals surface area contributed by atoms with Crippen LogP contribution in [0.15, 0.2) is 53.7 Å². The van der Waals surface area contributed by atoms with Gasteiger partial charge in [-0.2, -0.15) is 0 Å². The Morgan fingerprint density at radius 1 is 0.914 bits per heavy atom. The van der Waals surface area contributed by atoms with E-state index in [2.05, 4.69) is 31.2 Å². The normalized spacial score (nSPS) is 13.7. The number of carbonyl (C=O) groups is 1. The summed E-state index contributed by atoms with van der Waals surface area (Å²) in [4.78, 5) is 25.7. The minimum atomic E-state index is -0.111. The van der Waals surface area contributed by atoms with E-state index in [-0.39, 0.29) is 11.7 Å². The molecule has 11 heteroatoms. The molecule has 0 saturated carbocycles. The molecule has 0 bridgehead atoms. The fourth-order valence-corrected chi connectivity index (χ4v) is 5.32. The second kappa shape index (κ2) is 12.4. The summed E-state index contributed by atoms with van der Waals surface area (Å²) < 4.78 is 0. The number of piperazine rings is 1. The Hall–Kier alpha value is -1.90. The van der Waals surface area contributed by atoms with Crippen molar-refractivity contribution in [3.05, 3.63) is 74.3 Å². The van der Waals surface area contributed by atoms with Gasteiger partial charge in [-0.05, 0) is 42.3 Å². The van der Waals surface area contributed by atoms with Crippen molar-refractivity contribution in [1.29, 1.82) is 0 Å². The van der Waals surface area contributed by atoms with Gasteiger partial charge >= 0.3 is 0 Å². The average molecular weight is 571 g/mol. The number of nitrogens with one attached hydrogen (secondary N) is 1. The van der Waals surface area contributed by atoms with Crippen molar-refractivity contribution in [2.24, 2.45) is 0 Å². The molecular formula is C24H23Cl4N5OS. The molecule has 1 aromatic heterocycles. The Morgan fingerprint density at radius 2 is 1.66 bits per heavy atom. The highest BCUT2D eigenvalue weighted by atomic mass is 35.5. The van der Waals surface area contributed by atoms with E-state index < -0.39 is 0 Å². The summed E-state index contributed by atoms with van der Waals surface area (Å²) in [5.41, 5.74) is 2.04. The molecule has 4 rings (SSSR count). The van der Waals surface area contributed by atoms with Crippen molar-refractivity contribution >= 4 is 75.6 Å². The first-order valence-corrected chi connectivity index (χ1v) is 13.5. The number of halogens is 4. The van der Waals surface area contributed by atoms with Crippen molar-refractivity contribution in [3.8, 4) is 0 Å². The van der Waals surface area contributed by atoms with E-state index in [0.29, 0.717) is 33.3 Å². The molecule has 1 aliphatic heterocycles. The zero-order valence-corrected chi connectivity index (χ0v) is 22.5. The zero-order valence-electron chi connectivity index (χ0n) is 18.7. The number of anilines is 2. The summed E-state index contributed by atoms with van der Waals surface area (Å²) in [5.74, 6) is 0.841. The maximum atomic E-state index is 12.3. The van der Waals surface area contributed by atoms with Gasteiger partial charge in [0.2, 0.25) is 5.91 Å². The predicted octanol–water partition coefficient (Wildman–Crippen LogP) is 5.87. The topological polar surface area (TPSA) is 61.4 Å². The lowest BCUT2D eigenvalue weighted by atomic mass is 10.1. The van der Waals surface area contributed by atoms with Gasteiger partial charge in [0.1, 0.15) is 11.0 Å². The van der Waals surface area contributed by atoms with E-state index in [9.17, 15) is 4.79 Å². The smallest absolute Gasteiger partial charge is 0.230 e. The predicted molar refractivity (Wildman–Crippen MR) is 147 cm³/mol. The van der Waals surface area contributed by atoms with E-state index in [0.717, 1.165) is 48.3 Å². The molecule has 0 aliphatic carbocycles. The fraction of sp³-hybridized carbons (Fsp3) is 0.292. The van der Waals surface area contributed by atoms with Crippen LogP contribution in [0.25, 0.3) is 0 Å². The summed E-state index contributed by atoms with van der Waals surface area (Å²) >= 11 is 25.8. The maximum Gasteiger partial charge on any atom is 0.230 e. The number of hydrogen-bond acceptors (Lipinski definition) is 6. The van der Waals surface area contributed by atoms with E-state index >= 15 is 0 Å². The van der Waals surface area contributed by atoms with Crippen molar-refractivity contribution in [2.45, 2.75) is 11.6 Å². The van der Waals surface area contributed by atoms with Gasteiger partial charge in [0.05, 0.1) is 5.75 Å². The second-order valence-corrected chi connectivity index (χ2v) is 10.5.